The summed E-state index contributed by atoms with van der Waals surface area (Å²) < 4.78 is 26.4. The summed E-state index contributed by atoms with van der Waals surface area (Å²) >= 11 is 12.0. The van der Waals surface area contributed by atoms with E-state index in [9.17, 15) is 8.42 Å². The van der Waals surface area contributed by atoms with Crippen LogP contribution < -0.4 is 4.72 Å². The van der Waals surface area contributed by atoms with Gasteiger partial charge in [0.25, 0.3) is 10.0 Å². The summed E-state index contributed by atoms with van der Waals surface area (Å²) in [6, 6.07) is 8.44. The first-order valence-corrected chi connectivity index (χ1v) is 8.26. The lowest BCUT2D eigenvalue weighted by Crippen LogP contribution is -2.09. The van der Waals surface area contributed by atoms with Crippen molar-refractivity contribution in [2.75, 3.05) is 4.72 Å². The monoisotopic (exact) mass is 342 g/mol. The first kappa shape index (κ1) is 15.8. The maximum Gasteiger partial charge on any atom is 0.255 e. The largest absolute Gasteiger partial charge is 0.278 e. The summed E-state index contributed by atoms with van der Waals surface area (Å²) in [4.78, 5) is 3.97. The van der Waals surface area contributed by atoms with Gasteiger partial charge in [-0.2, -0.15) is 0 Å². The second-order valence-corrected chi connectivity index (χ2v) is 6.58. The van der Waals surface area contributed by atoms with Crippen LogP contribution in [0, 0.1) is 6.92 Å². The molecular weight excluding hydrogens is 331 g/mol. The lowest BCUT2D eigenvalue weighted by atomic mass is 10.2. The van der Waals surface area contributed by atoms with Gasteiger partial charge in [-0.1, -0.05) is 41.4 Å². The minimum absolute atomic E-state index is 0.271. The first-order chi connectivity index (χ1) is 9.89. The van der Waals surface area contributed by atoms with E-state index in [1.807, 2.05) is 0 Å². The van der Waals surface area contributed by atoms with Crippen molar-refractivity contribution in [2.24, 2.45) is 0 Å². The van der Waals surface area contributed by atoms with Crippen LogP contribution in [0.1, 0.15) is 11.3 Å². The average molecular weight is 343 g/mol. The van der Waals surface area contributed by atoms with Gasteiger partial charge in [0.1, 0.15) is 0 Å². The molecule has 0 fully saturated rings. The number of aromatic nitrogens is 1. The highest BCUT2D eigenvalue weighted by molar-refractivity contribution is 7.95. The SMILES string of the molecule is Cc1nccc(NS(=O)(=O)/C=C/c2ccccc2Cl)c1Cl. The third-order valence-electron chi connectivity index (χ3n) is 2.65. The summed E-state index contributed by atoms with van der Waals surface area (Å²) in [6.07, 6.45) is 2.91. The molecule has 1 N–H and O–H groups in total. The highest BCUT2D eigenvalue weighted by Crippen LogP contribution is 2.25. The first-order valence-electron chi connectivity index (χ1n) is 5.95. The Morgan fingerprint density at radius 1 is 1.19 bits per heavy atom. The Morgan fingerprint density at radius 3 is 2.62 bits per heavy atom. The van der Waals surface area contributed by atoms with Gasteiger partial charge in [-0.3, -0.25) is 9.71 Å². The number of aryl methyl sites for hydroxylation is 1. The van der Waals surface area contributed by atoms with E-state index in [1.54, 1.807) is 31.2 Å². The molecule has 2 rings (SSSR count). The number of halogens is 2. The zero-order valence-corrected chi connectivity index (χ0v) is 13.4. The van der Waals surface area contributed by atoms with Gasteiger partial charge in [0, 0.05) is 11.2 Å². The van der Waals surface area contributed by atoms with Crippen LogP contribution >= 0.6 is 23.2 Å². The van der Waals surface area contributed by atoms with Crippen LogP contribution in [0.4, 0.5) is 5.69 Å². The Bertz CT molecular complexity index is 789. The molecule has 2 aromatic rings. The highest BCUT2D eigenvalue weighted by atomic mass is 35.5. The Hall–Kier alpha value is -1.56. The van der Waals surface area contributed by atoms with Gasteiger partial charge in [0.2, 0.25) is 0 Å². The van der Waals surface area contributed by atoms with Gasteiger partial charge in [0.15, 0.2) is 0 Å². The van der Waals surface area contributed by atoms with Crippen LogP contribution in [-0.4, -0.2) is 13.4 Å². The third kappa shape index (κ3) is 4.20. The Labute approximate surface area is 133 Å². The smallest absolute Gasteiger partial charge is 0.255 e. The molecule has 0 radical (unpaired) electrons. The number of nitrogens with zero attached hydrogens (tertiary/aromatic N) is 1. The minimum Gasteiger partial charge on any atom is -0.278 e. The zero-order valence-electron chi connectivity index (χ0n) is 11.0. The molecule has 0 unspecified atom stereocenters. The van der Waals surface area contributed by atoms with E-state index in [0.29, 0.717) is 16.3 Å². The molecule has 7 heteroatoms. The second-order valence-electron chi connectivity index (χ2n) is 4.23. The predicted molar refractivity (Wildman–Crippen MR) is 87.0 cm³/mol. The second kappa shape index (κ2) is 6.47. The zero-order chi connectivity index (χ0) is 15.5. The molecule has 0 atom stereocenters. The molecule has 0 aliphatic rings. The molecule has 1 heterocycles. The van der Waals surface area contributed by atoms with E-state index in [4.69, 9.17) is 23.2 Å². The molecule has 21 heavy (non-hydrogen) atoms. The van der Waals surface area contributed by atoms with Gasteiger partial charge in [-0.25, -0.2) is 8.42 Å². The van der Waals surface area contributed by atoms with Gasteiger partial charge >= 0.3 is 0 Å². The fourth-order valence-corrected chi connectivity index (χ4v) is 2.87. The van der Waals surface area contributed by atoms with Crippen molar-refractivity contribution >= 4 is 45.0 Å². The van der Waals surface area contributed by atoms with Gasteiger partial charge in [-0.15, -0.1) is 0 Å². The quantitative estimate of drug-likeness (QED) is 0.909. The molecule has 4 nitrogen and oxygen atoms in total. The molecule has 1 aromatic carbocycles. The van der Waals surface area contributed by atoms with Crippen molar-refractivity contribution in [3.05, 3.63) is 63.2 Å². The Balaban J connectivity index is 2.24. The number of nitrogens with one attached hydrogen (secondary N) is 1. The molecule has 0 bridgehead atoms. The van der Waals surface area contributed by atoms with Crippen LogP contribution in [0.25, 0.3) is 6.08 Å². The molecule has 0 spiro atoms. The maximum atomic E-state index is 12.0. The lowest BCUT2D eigenvalue weighted by molar-refractivity contribution is 0.609. The van der Waals surface area contributed by atoms with Crippen molar-refractivity contribution in [1.29, 1.82) is 0 Å². The summed E-state index contributed by atoms with van der Waals surface area (Å²) in [5.74, 6) is 0. The summed E-state index contributed by atoms with van der Waals surface area (Å²) in [7, 11) is -3.69. The normalized spacial score (nSPS) is 11.8. The Morgan fingerprint density at radius 2 is 1.90 bits per heavy atom. The van der Waals surface area contributed by atoms with E-state index in [2.05, 4.69) is 9.71 Å². The molecule has 0 aliphatic carbocycles. The fourth-order valence-electron chi connectivity index (χ4n) is 1.59. The van der Waals surface area contributed by atoms with Gasteiger partial charge in [-0.05, 0) is 30.7 Å². The molecule has 110 valence electrons. The van der Waals surface area contributed by atoms with Gasteiger partial charge in [0.05, 0.1) is 21.8 Å². The molecule has 0 aliphatic heterocycles. The van der Waals surface area contributed by atoms with E-state index in [1.165, 1.54) is 18.3 Å². The standard InChI is InChI=1S/C14H12Cl2N2O2S/c1-10-14(16)13(6-8-17-10)18-21(19,20)9-7-11-4-2-3-5-12(11)15/h2-9H,1H3,(H,17,18)/b9-7+. The topological polar surface area (TPSA) is 59.1 Å². The van der Waals surface area contributed by atoms with Crippen LogP contribution in [0.2, 0.25) is 10.0 Å². The number of sulfonamides is 1. The molecular formula is C14H12Cl2N2O2S. The summed E-state index contributed by atoms with van der Waals surface area (Å²) in [6.45, 7) is 1.69. The van der Waals surface area contributed by atoms with E-state index in [-0.39, 0.29) is 10.7 Å². The van der Waals surface area contributed by atoms with Crippen LogP contribution in [0.3, 0.4) is 0 Å². The van der Waals surface area contributed by atoms with Crippen molar-refractivity contribution in [1.82, 2.24) is 4.98 Å². The van der Waals surface area contributed by atoms with Crippen molar-refractivity contribution in [3.63, 3.8) is 0 Å². The fraction of sp³-hybridized carbons (Fsp3) is 0.0714. The third-order valence-corrected chi connectivity index (χ3v) is 4.47. The minimum atomic E-state index is -3.69. The number of anilines is 1. The van der Waals surface area contributed by atoms with Gasteiger partial charge < -0.3 is 0 Å². The van der Waals surface area contributed by atoms with Crippen LogP contribution in [0.15, 0.2) is 41.9 Å². The summed E-state index contributed by atoms with van der Waals surface area (Å²) in [5, 5.41) is 1.79. The molecule has 1 aromatic heterocycles. The average Bonchev–Trinajstić information content (AvgIpc) is 2.43. The number of hydrogen-bond acceptors (Lipinski definition) is 3. The molecule has 0 amide bonds. The highest BCUT2D eigenvalue weighted by Gasteiger charge is 2.10. The predicted octanol–water partition coefficient (Wildman–Crippen LogP) is 4.11. The van der Waals surface area contributed by atoms with Crippen LogP contribution in [-0.2, 0) is 10.0 Å². The van der Waals surface area contributed by atoms with E-state index in [0.717, 1.165) is 5.41 Å². The van der Waals surface area contributed by atoms with Crippen molar-refractivity contribution in [3.8, 4) is 0 Å². The molecule has 0 saturated heterocycles. The maximum absolute atomic E-state index is 12.0. The van der Waals surface area contributed by atoms with Crippen molar-refractivity contribution in [2.45, 2.75) is 6.92 Å². The number of rotatable bonds is 4. The Kier molecular flexibility index (Phi) is 4.88. The van der Waals surface area contributed by atoms with Crippen LogP contribution in [0.5, 0.6) is 0 Å². The van der Waals surface area contributed by atoms with Crippen molar-refractivity contribution < 1.29 is 8.42 Å². The number of hydrogen-bond donors (Lipinski definition) is 1. The lowest BCUT2D eigenvalue weighted by Gasteiger charge is -2.07. The van der Waals surface area contributed by atoms with E-state index < -0.39 is 10.0 Å². The van der Waals surface area contributed by atoms with E-state index >= 15 is 0 Å². The number of pyridine rings is 1. The summed E-state index contributed by atoms with van der Waals surface area (Å²) in [5.41, 5.74) is 1.45. The molecule has 0 saturated carbocycles. The number of benzene rings is 1.